The molecule has 1 aliphatic heterocycles. The van der Waals surface area contributed by atoms with Crippen molar-refractivity contribution in [2.45, 2.75) is 12.8 Å². The Morgan fingerprint density at radius 1 is 0.826 bits per heavy atom. The summed E-state index contributed by atoms with van der Waals surface area (Å²) in [5.41, 5.74) is 7.35. The summed E-state index contributed by atoms with van der Waals surface area (Å²) in [4.78, 5) is 28.0. The molecule has 11 nitrogen and oxygen atoms in total. The molecule has 1 saturated heterocycles. The molecule has 46 heavy (non-hydrogen) atoms. The second-order valence-electron chi connectivity index (χ2n) is 10.4. The summed E-state index contributed by atoms with van der Waals surface area (Å²) in [6, 6.07) is 13.5. The lowest BCUT2D eigenvalue weighted by atomic mass is 9.95. The molecule has 5 rings (SSSR count). The number of esters is 1. The molecule has 1 aromatic heterocycles. The minimum atomic E-state index is -0.727. The number of rotatable bonds is 10. The van der Waals surface area contributed by atoms with E-state index in [1.165, 1.54) is 40.1 Å². The standard InChI is InChI=1S/C33H37N3O8.2ClH/c1-39-25-16-23-24(17-26(25)44-18-19-10-12-35-13-11-19)32(37)36(22-8-6-21(34)7-9-22)30(33(38)43-5)29(23)20-14-27(40-2)31(42-4)28(15-20)41-3;;/h6-9,14-17,19,35H,10-13,18,34H2,1-5H3;2*1H. The number of nitrogens with two attached hydrogens (primary N) is 1. The molecule has 248 valence electrons. The monoisotopic (exact) mass is 675 g/mol. The van der Waals surface area contributed by atoms with Crippen molar-refractivity contribution in [1.29, 1.82) is 0 Å². The minimum absolute atomic E-state index is 0. The first-order chi connectivity index (χ1) is 21.3. The van der Waals surface area contributed by atoms with Crippen LogP contribution in [-0.2, 0) is 4.74 Å². The summed E-state index contributed by atoms with van der Waals surface area (Å²) in [6.45, 7) is 2.35. The zero-order valence-electron chi connectivity index (χ0n) is 26.3. The van der Waals surface area contributed by atoms with E-state index < -0.39 is 11.5 Å². The first-order valence-electron chi connectivity index (χ1n) is 14.2. The normalized spacial score (nSPS) is 12.8. The molecule has 0 aliphatic carbocycles. The lowest BCUT2D eigenvalue weighted by molar-refractivity contribution is 0.0591. The Morgan fingerprint density at radius 3 is 1.96 bits per heavy atom. The highest BCUT2D eigenvalue weighted by molar-refractivity contribution is 6.08. The molecule has 3 aromatic carbocycles. The Kier molecular flexibility index (Phi) is 12.4. The number of carbonyl (C=O) groups is 1. The van der Waals surface area contributed by atoms with Gasteiger partial charge in [-0.2, -0.15) is 0 Å². The number of hydrogen-bond acceptors (Lipinski definition) is 10. The van der Waals surface area contributed by atoms with Gasteiger partial charge in [0.05, 0.1) is 47.5 Å². The Labute approximate surface area is 279 Å². The summed E-state index contributed by atoms with van der Waals surface area (Å²) in [5.74, 6) is 1.60. The van der Waals surface area contributed by atoms with Crippen molar-refractivity contribution >= 4 is 47.2 Å². The topological polar surface area (TPSA) is 133 Å². The number of hydrogen-bond donors (Lipinski definition) is 2. The second kappa shape index (κ2) is 15.8. The average molecular weight is 677 g/mol. The summed E-state index contributed by atoms with van der Waals surface area (Å²) in [7, 11) is 7.32. The van der Waals surface area contributed by atoms with Gasteiger partial charge in [-0.15, -0.1) is 24.8 Å². The first-order valence-corrected chi connectivity index (χ1v) is 14.2. The molecule has 0 bridgehead atoms. The van der Waals surface area contributed by atoms with Gasteiger partial charge in [-0.3, -0.25) is 9.36 Å². The molecule has 0 spiro atoms. The zero-order chi connectivity index (χ0) is 31.4. The minimum Gasteiger partial charge on any atom is -0.493 e. The Balaban J connectivity index is 0.00000288. The van der Waals surface area contributed by atoms with E-state index in [9.17, 15) is 9.59 Å². The molecule has 1 fully saturated rings. The van der Waals surface area contributed by atoms with Gasteiger partial charge in [0.25, 0.3) is 5.56 Å². The number of ether oxygens (including phenoxy) is 6. The molecule has 2 heterocycles. The number of piperidine rings is 1. The van der Waals surface area contributed by atoms with Gasteiger partial charge < -0.3 is 39.5 Å². The fourth-order valence-corrected chi connectivity index (χ4v) is 5.61. The number of aromatic nitrogens is 1. The second-order valence-corrected chi connectivity index (χ2v) is 10.4. The van der Waals surface area contributed by atoms with E-state index in [4.69, 9.17) is 34.2 Å². The van der Waals surface area contributed by atoms with Crippen LogP contribution >= 0.6 is 24.8 Å². The summed E-state index contributed by atoms with van der Waals surface area (Å²) in [6.07, 6.45) is 1.99. The maximum absolute atomic E-state index is 14.4. The van der Waals surface area contributed by atoms with Crippen molar-refractivity contribution in [1.82, 2.24) is 9.88 Å². The third-order valence-electron chi connectivity index (χ3n) is 7.88. The number of anilines is 1. The molecule has 0 atom stereocenters. The van der Waals surface area contributed by atoms with Gasteiger partial charge in [-0.25, -0.2) is 4.79 Å². The fraction of sp³-hybridized carbons (Fsp3) is 0.333. The van der Waals surface area contributed by atoms with E-state index in [0.717, 1.165) is 25.9 Å². The SMILES string of the molecule is COC(=O)c1c(-c2cc(OC)c(OC)c(OC)c2)c2cc(OC)c(OCC3CCNCC3)cc2c(=O)n1-c1ccc(N)cc1.Cl.Cl. The first kappa shape index (κ1) is 36.2. The predicted molar refractivity (Wildman–Crippen MR) is 183 cm³/mol. The van der Waals surface area contributed by atoms with Crippen LogP contribution in [0, 0.1) is 5.92 Å². The maximum Gasteiger partial charge on any atom is 0.355 e. The van der Waals surface area contributed by atoms with Gasteiger partial charge in [0.15, 0.2) is 23.0 Å². The number of halogens is 2. The van der Waals surface area contributed by atoms with Crippen molar-refractivity contribution in [2.24, 2.45) is 5.92 Å². The predicted octanol–water partition coefficient (Wildman–Crippen LogP) is 5.28. The van der Waals surface area contributed by atoms with E-state index in [2.05, 4.69) is 5.32 Å². The van der Waals surface area contributed by atoms with Crippen molar-refractivity contribution < 1.29 is 33.2 Å². The lowest BCUT2D eigenvalue weighted by Gasteiger charge is -2.24. The van der Waals surface area contributed by atoms with Crippen LogP contribution in [0.25, 0.3) is 27.6 Å². The highest BCUT2D eigenvalue weighted by Gasteiger charge is 2.28. The van der Waals surface area contributed by atoms with Crippen molar-refractivity contribution in [3.8, 4) is 45.6 Å². The van der Waals surface area contributed by atoms with E-state index in [0.29, 0.717) is 74.5 Å². The number of methoxy groups -OCH3 is 5. The quantitative estimate of drug-likeness (QED) is 0.169. The molecular weight excluding hydrogens is 637 g/mol. The fourth-order valence-electron chi connectivity index (χ4n) is 5.61. The molecule has 0 unspecified atom stereocenters. The van der Waals surface area contributed by atoms with E-state index >= 15 is 0 Å². The summed E-state index contributed by atoms with van der Waals surface area (Å²) >= 11 is 0. The molecular formula is C33H39Cl2N3O8. The van der Waals surface area contributed by atoms with Gasteiger partial charge in [0.2, 0.25) is 5.75 Å². The van der Waals surface area contributed by atoms with Crippen molar-refractivity contribution in [2.75, 3.05) is 61.0 Å². The number of nitrogens with one attached hydrogen (secondary N) is 1. The highest BCUT2D eigenvalue weighted by atomic mass is 35.5. The smallest absolute Gasteiger partial charge is 0.355 e. The number of nitrogens with zero attached hydrogens (tertiary/aromatic N) is 1. The average Bonchev–Trinajstić information content (AvgIpc) is 3.06. The number of carbonyl (C=O) groups excluding carboxylic acids is 1. The van der Waals surface area contributed by atoms with Crippen LogP contribution < -0.4 is 40.3 Å². The molecule has 3 N–H and O–H groups in total. The molecule has 4 aromatic rings. The molecule has 0 amide bonds. The van der Waals surface area contributed by atoms with Crippen LogP contribution in [-0.4, -0.2) is 65.8 Å². The van der Waals surface area contributed by atoms with Gasteiger partial charge in [-0.1, -0.05) is 0 Å². The number of pyridine rings is 1. The third kappa shape index (κ3) is 6.91. The molecule has 1 aliphatic rings. The van der Waals surface area contributed by atoms with E-state index in [-0.39, 0.29) is 30.5 Å². The van der Waals surface area contributed by atoms with E-state index in [1.54, 1.807) is 48.5 Å². The lowest BCUT2D eigenvalue weighted by Crippen LogP contribution is -2.30. The van der Waals surface area contributed by atoms with Crippen molar-refractivity contribution in [3.05, 3.63) is 64.6 Å². The summed E-state index contributed by atoms with van der Waals surface area (Å²) in [5, 5.41) is 4.11. The van der Waals surface area contributed by atoms with Gasteiger partial charge >= 0.3 is 5.97 Å². The maximum atomic E-state index is 14.4. The van der Waals surface area contributed by atoms with Crippen LogP contribution in [0.2, 0.25) is 0 Å². The van der Waals surface area contributed by atoms with Gasteiger partial charge in [0, 0.05) is 22.3 Å². The van der Waals surface area contributed by atoms with Crippen molar-refractivity contribution in [3.63, 3.8) is 0 Å². The number of nitrogen functional groups attached to an aromatic ring is 1. The van der Waals surface area contributed by atoms with Crippen LogP contribution in [0.3, 0.4) is 0 Å². The number of fused-ring (bicyclic) bond motifs is 1. The van der Waals surface area contributed by atoms with Crippen LogP contribution in [0.5, 0.6) is 28.7 Å². The number of benzene rings is 3. The van der Waals surface area contributed by atoms with E-state index in [1.807, 2.05) is 0 Å². The third-order valence-corrected chi connectivity index (χ3v) is 7.88. The van der Waals surface area contributed by atoms with Crippen LogP contribution in [0.1, 0.15) is 23.3 Å². The largest absolute Gasteiger partial charge is 0.493 e. The molecule has 0 radical (unpaired) electrons. The molecule has 13 heteroatoms. The Morgan fingerprint density at radius 2 is 1.41 bits per heavy atom. The zero-order valence-corrected chi connectivity index (χ0v) is 28.0. The Hall–Kier alpha value is -4.32. The van der Waals surface area contributed by atoms with Gasteiger partial charge in [0.1, 0.15) is 5.69 Å². The van der Waals surface area contributed by atoms with Gasteiger partial charge in [-0.05, 0) is 85.9 Å². The molecule has 0 saturated carbocycles. The highest BCUT2D eigenvalue weighted by Crippen LogP contribution is 2.45. The van der Waals surface area contributed by atoms with Crippen LogP contribution in [0.15, 0.2) is 53.3 Å². The van der Waals surface area contributed by atoms with Crippen LogP contribution in [0.4, 0.5) is 5.69 Å². The Bertz CT molecular complexity index is 1710. The summed E-state index contributed by atoms with van der Waals surface area (Å²) < 4.78 is 35.4.